The molecule has 0 aromatic rings. The van der Waals surface area contributed by atoms with Crippen LogP contribution in [0.25, 0.3) is 0 Å². The number of alkyl halides is 2. The second-order valence-corrected chi connectivity index (χ2v) is 1.14. The Hall–Kier alpha value is -0.620. The zero-order chi connectivity index (χ0) is 5.91. The molecule has 0 heterocycles. The minimum absolute atomic E-state index is 0.688. The Balaban J connectivity index is 3.40. The van der Waals surface area contributed by atoms with Crippen LogP contribution in [0, 0.1) is 12.3 Å². The first-order valence-electron chi connectivity index (χ1n) is 1.66. The van der Waals surface area contributed by atoms with Gasteiger partial charge in [-0.15, -0.1) is 6.42 Å². The maximum atomic E-state index is 11.4. The van der Waals surface area contributed by atoms with E-state index in [0.717, 1.165) is 0 Å². The molecule has 0 aromatic heterocycles. The van der Waals surface area contributed by atoms with E-state index in [4.69, 9.17) is 0 Å². The minimum Gasteiger partial charge on any atom is -0.271 e. The lowest BCUT2D eigenvalue weighted by atomic mass is 10.4. The summed E-state index contributed by atoms with van der Waals surface area (Å²) in [7, 11) is 0. The van der Waals surface area contributed by atoms with Crippen molar-refractivity contribution in [1.82, 2.24) is 0 Å². The fraction of sp³-hybridized carbons (Fsp3) is 0.500. The highest BCUT2D eigenvalue weighted by atomic mass is 19.3. The van der Waals surface area contributed by atoms with E-state index in [0.29, 0.717) is 0 Å². The topological polar surface area (TPSA) is 26.0 Å². The van der Waals surface area contributed by atoms with Crippen LogP contribution in [-0.2, 0) is 0 Å². The zero-order valence-corrected chi connectivity index (χ0v) is 3.62. The van der Waals surface area contributed by atoms with E-state index in [1.165, 1.54) is 0 Å². The monoisotopic (exact) mass is 105 g/mol. The van der Waals surface area contributed by atoms with Crippen LogP contribution < -0.4 is 5.73 Å². The van der Waals surface area contributed by atoms with Crippen molar-refractivity contribution in [3.05, 3.63) is 0 Å². The number of nitrogens with two attached hydrogens (primary N) is 1. The number of hydrogen-bond donors (Lipinski definition) is 1. The van der Waals surface area contributed by atoms with Gasteiger partial charge < -0.3 is 0 Å². The maximum Gasteiger partial charge on any atom is 0.310 e. The highest BCUT2D eigenvalue weighted by Crippen LogP contribution is 2.06. The van der Waals surface area contributed by atoms with Crippen LogP contribution in [-0.4, -0.2) is 6.05 Å². The van der Waals surface area contributed by atoms with E-state index in [-0.39, 0.29) is 0 Å². The molecule has 0 saturated carbocycles. The standard InChI is InChI=1S/C4H5F2N/c1-2-3-4(5,6)7/h1H,3,7H2. The normalized spacial score (nSPS) is 10.6. The van der Waals surface area contributed by atoms with E-state index in [2.05, 4.69) is 12.2 Å². The number of rotatable bonds is 1. The first kappa shape index (κ1) is 6.38. The number of terminal acetylenes is 1. The summed E-state index contributed by atoms with van der Waals surface area (Å²) in [6.45, 7) is 0. The summed E-state index contributed by atoms with van der Waals surface area (Å²) >= 11 is 0. The molecule has 0 radical (unpaired) electrons. The van der Waals surface area contributed by atoms with Crippen molar-refractivity contribution in [3.8, 4) is 12.3 Å². The zero-order valence-electron chi connectivity index (χ0n) is 3.62. The molecule has 1 nitrogen and oxygen atoms in total. The van der Waals surface area contributed by atoms with Crippen molar-refractivity contribution < 1.29 is 8.78 Å². The second kappa shape index (κ2) is 1.90. The fourth-order valence-corrected chi connectivity index (χ4v) is 0.136. The highest BCUT2D eigenvalue weighted by molar-refractivity contribution is 4.87. The summed E-state index contributed by atoms with van der Waals surface area (Å²) in [5.41, 5.74) is 4.17. The van der Waals surface area contributed by atoms with Gasteiger partial charge in [0.05, 0.1) is 6.42 Å². The van der Waals surface area contributed by atoms with Gasteiger partial charge in [0.25, 0.3) is 0 Å². The van der Waals surface area contributed by atoms with Gasteiger partial charge in [-0.25, -0.2) is 0 Å². The summed E-state index contributed by atoms with van der Waals surface area (Å²) in [5.74, 6) is 1.73. The third-order valence-corrected chi connectivity index (χ3v) is 0.338. The minimum atomic E-state index is -3.19. The van der Waals surface area contributed by atoms with E-state index in [1.807, 2.05) is 0 Å². The molecular weight excluding hydrogens is 100 g/mol. The molecule has 0 fully saturated rings. The van der Waals surface area contributed by atoms with Gasteiger partial charge in [-0.3, -0.25) is 5.73 Å². The third kappa shape index (κ3) is 5.38. The highest BCUT2D eigenvalue weighted by Gasteiger charge is 2.18. The Kier molecular flexibility index (Phi) is 1.73. The Morgan fingerprint density at radius 1 is 1.71 bits per heavy atom. The molecule has 0 aliphatic heterocycles. The SMILES string of the molecule is C#CCC(N)(F)F. The van der Waals surface area contributed by atoms with Gasteiger partial charge in [-0.2, -0.15) is 8.78 Å². The Labute approximate surface area is 40.5 Å². The van der Waals surface area contributed by atoms with Crippen molar-refractivity contribution in [2.75, 3.05) is 0 Å². The number of hydrogen-bond acceptors (Lipinski definition) is 1. The van der Waals surface area contributed by atoms with Crippen LogP contribution in [0.1, 0.15) is 6.42 Å². The van der Waals surface area contributed by atoms with Gasteiger partial charge in [0, 0.05) is 0 Å². The quantitative estimate of drug-likeness (QED) is 0.382. The summed E-state index contributed by atoms with van der Waals surface area (Å²) in [6, 6.07) is -3.19. The van der Waals surface area contributed by atoms with Crippen LogP contribution in [0.5, 0.6) is 0 Å². The lowest BCUT2D eigenvalue weighted by Crippen LogP contribution is -2.27. The molecule has 3 heteroatoms. The largest absolute Gasteiger partial charge is 0.310 e. The Morgan fingerprint density at radius 3 is 2.14 bits per heavy atom. The van der Waals surface area contributed by atoms with Crippen molar-refractivity contribution >= 4 is 0 Å². The molecule has 0 unspecified atom stereocenters. The predicted octanol–water partition coefficient (Wildman–Crippen LogP) is 0.561. The molecule has 0 aliphatic carbocycles. The number of halogens is 2. The van der Waals surface area contributed by atoms with Crippen LogP contribution in [0.3, 0.4) is 0 Å². The van der Waals surface area contributed by atoms with Crippen LogP contribution in [0.2, 0.25) is 0 Å². The molecule has 0 rings (SSSR count). The lowest BCUT2D eigenvalue weighted by Gasteiger charge is -2.01. The van der Waals surface area contributed by atoms with Crippen molar-refractivity contribution in [1.29, 1.82) is 0 Å². The molecule has 0 bridgehead atoms. The van der Waals surface area contributed by atoms with Gasteiger partial charge in [0.15, 0.2) is 0 Å². The first-order valence-corrected chi connectivity index (χ1v) is 1.66. The van der Waals surface area contributed by atoms with Gasteiger partial charge in [0.2, 0.25) is 0 Å². The van der Waals surface area contributed by atoms with Gasteiger partial charge in [-0.1, -0.05) is 5.92 Å². The van der Waals surface area contributed by atoms with E-state index < -0.39 is 12.5 Å². The average Bonchev–Trinajstić information content (AvgIpc) is 1.30. The summed E-state index contributed by atoms with van der Waals surface area (Å²) in [4.78, 5) is 0. The van der Waals surface area contributed by atoms with Crippen LogP contribution in [0.4, 0.5) is 8.78 Å². The molecule has 0 atom stereocenters. The van der Waals surface area contributed by atoms with Crippen LogP contribution in [0.15, 0.2) is 0 Å². The molecule has 40 valence electrons. The Bertz CT molecular complexity index is 86.8. The maximum absolute atomic E-state index is 11.4. The summed E-state index contributed by atoms with van der Waals surface area (Å²) in [5, 5.41) is 0. The van der Waals surface area contributed by atoms with Crippen molar-refractivity contribution in [3.63, 3.8) is 0 Å². The van der Waals surface area contributed by atoms with Crippen molar-refractivity contribution in [2.45, 2.75) is 12.5 Å². The smallest absolute Gasteiger partial charge is 0.271 e. The van der Waals surface area contributed by atoms with Crippen LogP contribution >= 0.6 is 0 Å². The fourth-order valence-electron chi connectivity index (χ4n) is 0.136. The molecule has 7 heavy (non-hydrogen) atoms. The summed E-state index contributed by atoms with van der Waals surface area (Å²) < 4.78 is 22.7. The van der Waals surface area contributed by atoms with E-state index >= 15 is 0 Å². The molecule has 0 spiro atoms. The summed E-state index contributed by atoms with van der Waals surface area (Å²) in [6.07, 6.45) is 3.82. The average molecular weight is 105 g/mol. The first-order chi connectivity index (χ1) is 3.06. The van der Waals surface area contributed by atoms with E-state index in [1.54, 1.807) is 5.92 Å². The molecular formula is C4H5F2N. The molecule has 0 aliphatic rings. The van der Waals surface area contributed by atoms with Gasteiger partial charge in [-0.05, 0) is 0 Å². The van der Waals surface area contributed by atoms with E-state index in [9.17, 15) is 8.78 Å². The second-order valence-electron chi connectivity index (χ2n) is 1.14. The molecule has 0 amide bonds. The molecule has 2 N–H and O–H groups in total. The molecule has 0 aromatic carbocycles. The molecule has 0 saturated heterocycles. The van der Waals surface area contributed by atoms with Gasteiger partial charge >= 0.3 is 6.05 Å². The van der Waals surface area contributed by atoms with Crippen molar-refractivity contribution in [2.24, 2.45) is 5.73 Å². The lowest BCUT2D eigenvalue weighted by molar-refractivity contribution is 0.0139. The Morgan fingerprint density at radius 2 is 2.14 bits per heavy atom. The predicted molar refractivity (Wildman–Crippen MR) is 22.6 cm³/mol. The van der Waals surface area contributed by atoms with Gasteiger partial charge in [0.1, 0.15) is 0 Å². The third-order valence-electron chi connectivity index (χ3n) is 0.338.